The quantitative estimate of drug-likeness (QED) is 0.211. The van der Waals surface area contributed by atoms with Crippen LogP contribution in [0.2, 0.25) is 0 Å². The molecule has 14 heteroatoms. The lowest BCUT2D eigenvalue weighted by molar-refractivity contribution is -0.0312. The van der Waals surface area contributed by atoms with Crippen molar-refractivity contribution in [2.45, 2.75) is 53.3 Å². The van der Waals surface area contributed by atoms with Crippen molar-refractivity contribution in [1.82, 2.24) is 14.3 Å². The molecule has 2 saturated heterocycles. The van der Waals surface area contributed by atoms with E-state index >= 15 is 0 Å². The monoisotopic (exact) mass is 674 g/mol. The van der Waals surface area contributed by atoms with Gasteiger partial charge in [-0.05, 0) is 55.6 Å². The van der Waals surface area contributed by atoms with Crippen LogP contribution in [0.3, 0.4) is 0 Å². The van der Waals surface area contributed by atoms with Gasteiger partial charge < -0.3 is 30.4 Å². The van der Waals surface area contributed by atoms with E-state index in [4.69, 9.17) is 19.9 Å². The van der Waals surface area contributed by atoms with E-state index in [1.165, 1.54) is 30.6 Å². The van der Waals surface area contributed by atoms with Crippen LogP contribution in [-0.4, -0.2) is 91.0 Å². The van der Waals surface area contributed by atoms with Crippen LogP contribution in [0.4, 0.5) is 0 Å². The Labute approximate surface area is 270 Å². The topological polar surface area (TPSA) is 170 Å². The van der Waals surface area contributed by atoms with E-state index in [9.17, 15) is 21.9 Å². The number of sulfonamides is 2. The summed E-state index contributed by atoms with van der Waals surface area (Å²) in [6.07, 6.45) is 0.947. The molecule has 0 aromatic heterocycles. The second kappa shape index (κ2) is 14.4. The summed E-state index contributed by atoms with van der Waals surface area (Å²) in [7, 11) is -4.62. The first-order valence-electron chi connectivity index (χ1n) is 15.2. The highest BCUT2D eigenvalue weighted by Gasteiger charge is 2.45. The van der Waals surface area contributed by atoms with Crippen LogP contribution in [0.1, 0.15) is 24.8 Å². The third-order valence-corrected chi connectivity index (χ3v) is 11.9. The Balaban J connectivity index is 1.14. The van der Waals surface area contributed by atoms with Crippen LogP contribution < -0.4 is 25.2 Å². The minimum atomic E-state index is -3.84. The summed E-state index contributed by atoms with van der Waals surface area (Å²) in [5.41, 5.74) is 7.80. The van der Waals surface area contributed by atoms with Gasteiger partial charge in [-0.25, -0.2) is 21.6 Å². The van der Waals surface area contributed by atoms with Crippen molar-refractivity contribution >= 4 is 20.0 Å². The fourth-order valence-corrected chi connectivity index (χ4v) is 8.36. The molecule has 2 heterocycles. The predicted molar refractivity (Wildman–Crippen MR) is 174 cm³/mol. The summed E-state index contributed by atoms with van der Waals surface area (Å²) in [4.78, 5) is 0.207. The molecule has 2 aliphatic heterocycles. The number of piperidine rings is 1. The van der Waals surface area contributed by atoms with Crippen LogP contribution in [0.25, 0.3) is 11.1 Å². The number of hydrogen-bond acceptors (Lipinski definition) is 10. The Morgan fingerprint density at radius 1 is 1.07 bits per heavy atom. The van der Waals surface area contributed by atoms with Crippen molar-refractivity contribution in [3.05, 3.63) is 72.3 Å². The zero-order chi connectivity index (χ0) is 33.0. The molecule has 2 atom stereocenters. The second-order valence-electron chi connectivity index (χ2n) is 11.6. The van der Waals surface area contributed by atoms with Crippen molar-refractivity contribution in [3.63, 3.8) is 0 Å². The van der Waals surface area contributed by atoms with E-state index in [0.29, 0.717) is 62.6 Å². The fraction of sp³-hybridized carbons (Fsp3) is 0.438. The Bertz CT molecular complexity index is 1710. The van der Waals surface area contributed by atoms with Crippen LogP contribution in [-0.2, 0) is 31.3 Å². The lowest BCUT2D eigenvalue weighted by atomic mass is 9.88. The maximum absolute atomic E-state index is 13.8. The standard InChI is InChI=1S/C32H42N4O8S2/c1-34-45(38,39)28-6-3-5-27(17-28)43-22-26(37)20-35-25-18-32(44-21-25)13-15-36(16-14-32)46(40,41)30-8-4-7-29(31(30)42-2)24-11-9-23(19-33)10-12-24/h3-12,17,25-26,34-35,37H,13-16,18-22,33H2,1-2H3/t25-,26?/m0/s1. The number of aliphatic hydroxyl groups excluding tert-OH is 1. The summed E-state index contributed by atoms with van der Waals surface area (Å²) in [6.45, 7) is 1.72. The van der Waals surface area contributed by atoms with Crippen molar-refractivity contribution in [2.75, 3.05) is 47.0 Å². The molecule has 0 radical (unpaired) electrons. The highest BCUT2D eigenvalue weighted by Crippen LogP contribution is 2.41. The molecule has 1 unspecified atom stereocenters. The molecule has 0 amide bonds. The lowest BCUT2D eigenvalue weighted by Crippen LogP contribution is -2.47. The third kappa shape index (κ3) is 7.55. The number of nitrogens with two attached hydrogens (primary N) is 1. The third-order valence-electron chi connectivity index (χ3n) is 8.61. The van der Waals surface area contributed by atoms with Crippen molar-refractivity contribution in [2.24, 2.45) is 5.73 Å². The predicted octanol–water partition coefficient (Wildman–Crippen LogP) is 2.07. The van der Waals surface area contributed by atoms with Gasteiger partial charge in [0.25, 0.3) is 0 Å². The molecule has 3 aromatic carbocycles. The SMILES string of the molecule is CNS(=O)(=O)c1cccc(OCC(O)CN[C@@H]2COC3(CCN(S(=O)(=O)c4cccc(-c5ccc(CN)cc5)c4OC)CC3)C2)c1. The number of hydrogen-bond donors (Lipinski definition) is 4. The number of aliphatic hydroxyl groups is 1. The van der Waals surface area contributed by atoms with Gasteiger partial charge in [0.2, 0.25) is 20.0 Å². The normalized spacial score (nSPS) is 19.3. The Hall–Kier alpha value is -3.08. The number of methoxy groups -OCH3 is 1. The van der Waals surface area contributed by atoms with Gasteiger partial charge in [0.1, 0.15) is 29.1 Å². The Morgan fingerprint density at radius 2 is 1.78 bits per heavy atom. The number of nitrogens with one attached hydrogen (secondary N) is 2. The maximum atomic E-state index is 13.8. The Morgan fingerprint density at radius 3 is 2.46 bits per heavy atom. The summed E-state index contributed by atoms with van der Waals surface area (Å²) in [5.74, 6) is 0.647. The van der Waals surface area contributed by atoms with E-state index in [-0.39, 0.29) is 29.0 Å². The van der Waals surface area contributed by atoms with Crippen molar-refractivity contribution < 1.29 is 36.2 Å². The van der Waals surface area contributed by atoms with Crippen molar-refractivity contribution in [1.29, 1.82) is 0 Å². The largest absolute Gasteiger partial charge is 0.495 e. The second-order valence-corrected chi connectivity index (χ2v) is 15.4. The summed E-state index contributed by atoms with van der Waals surface area (Å²) < 4.78 is 73.0. The number of benzene rings is 3. The molecule has 1 spiro atoms. The smallest absolute Gasteiger partial charge is 0.246 e. The molecular formula is C32H42N4O8S2. The molecule has 0 bridgehead atoms. The molecule has 3 aromatic rings. The molecular weight excluding hydrogens is 633 g/mol. The summed E-state index contributed by atoms with van der Waals surface area (Å²) >= 11 is 0. The van der Waals surface area contributed by atoms with Gasteiger partial charge in [0, 0.05) is 43.9 Å². The molecule has 12 nitrogen and oxygen atoms in total. The average Bonchev–Trinajstić information content (AvgIpc) is 3.48. The minimum absolute atomic E-state index is 0.00987. The summed E-state index contributed by atoms with van der Waals surface area (Å²) in [6, 6.07) is 18.9. The van der Waals surface area contributed by atoms with E-state index in [1.807, 2.05) is 30.3 Å². The van der Waals surface area contributed by atoms with Crippen LogP contribution in [0, 0.1) is 0 Å². The zero-order valence-corrected chi connectivity index (χ0v) is 27.6. The number of para-hydroxylation sites is 1. The number of ether oxygens (including phenoxy) is 3. The van der Waals surface area contributed by atoms with E-state index in [0.717, 1.165) is 11.1 Å². The minimum Gasteiger partial charge on any atom is -0.495 e. The molecule has 46 heavy (non-hydrogen) atoms. The van der Waals surface area contributed by atoms with Gasteiger partial charge in [0.05, 0.1) is 24.2 Å². The first kappa shape index (κ1) is 34.3. The van der Waals surface area contributed by atoms with Crippen LogP contribution in [0.15, 0.2) is 76.5 Å². The van der Waals surface area contributed by atoms with Gasteiger partial charge >= 0.3 is 0 Å². The van der Waals surface area contributed by atoms with Gasteiger partial charge in [-0.15, -0.1) is 0 Å². The number of rotatable bonds is 13. The molecule has 0 saturated carbocycles. The Kier molecular flexibility index (Phi) is 10.7. The van der Waals surface area contributed by atoms with Gasteiger partial charge in [-0.2, -0.15) is 4.31 Å². The van der Waals surface area contributed by atoms with E-state index in [2.05, 4.69) is 10.0 Å². The van der Waals surface area contributed by atoms with Gasteiger partial charge in [-0.3, -0.25) is 0 Å². The van der Waals surface area contributed by atoms with E-state index < -0.39 is 31.8 Å². The average molecular weight is 675 g/mol. The molecule has 2 fully saturated rings. The molecule has 0 aliphatic carbocycles. The van der Waals surface area contributed by atoms with Crippen molar-refractivity contribution in [3.8, 4) is 22.6 Å². The van der Waals surface area contributed by atoms with Gasteiger partial charge in [-0.1, -0.05) is 42.5 Å². The summed E-state index contributed by atoms with van der Waals surface area (Å²) in [5, 5.41) is 13.8. The fourth-order valence-electron chi connectivity index (χ4n) is 5.98. The van der Waals surface area contributed by atoms with Crippen LogP contribution in [0.5, 0.6) is 11.5 Å². The molecule has 5 rings (SSSR count). The highest BCUT2D eigenvalue weighted by molar-refractivity contribution is 7.89. The first-order chi connectivity index (χ1) is 22.0. The zero-order valence-electron chi connectivity index (χ0n) is 26.0. The first-order valence-corrected chi connectivity index (χ1v) is 18.1. The molecule has 5 N–H and O–H groups in total. The van der Waals surface area contributed by atoms with E-state index in [1.54, 1.807) is 24.3 Å². The van der Waals surface area contributed by atoms with Gasteiger partial charge in [0.15, 0.2) is 0 Å². The lowest BCUT2D eigenvalue weighted by Gasteiger charge is -2.38. The highest BCUT2D eigenvalue weighted by atomic mass is 32.2. The number of nitrogens with zero attached hydrogens (tertiary/aromatic N) is 1. The molecule has 2 aliphatic rings. The van der Waals surface area contributed by atoms with Crippen LogP contribution >= 0.6 is 0 Å². The molecule has 250 valence electrons. The maximum Gasteiger partial charge on any atom is 0.246 e.